The van der Waals surface area contributed by atoms with E-state index in [9.17, 15) is 4.79 Å². The number of carbonyl (C=O) groups excluding carboxylic acids is 1. The zero-order chi connectivity index (χ0) is 21.7. The Morgan fingerprint density at radius 1 is 1.22 bits per heavy atom. The number of rotatable bonds is 5. The predicted molar refractivity (Wildman–Crippen MR) is 122 cm³/mol. The number of fused-ring (bicyclic) bond motifs is 5. The normalized spacial score (nSPS) is 29.5. The van der Waals surface area contributed by atoms with Crippen molar-refractivity contribution >= 4 is 28.0 Å². The second-order valence-electron chi connectivity index (χ2n) is 10.2. The van der Waals surface area contributed by atoms with Gasteiger partial charge in [0.2, 0.25) is 5.91 Å². The number of amides is 1. The number of aromatic nitrogens is 4. The van der Waals surface area contributed by atoms with Crippen molar-refractivity contribution in [2.24, 2.45) is 17.8 Å². The van der Waals surface area contributed by atoms with Gasteiger partial charge in [-0.3, -0.25) is 4.79 Å². The lowest BCUT2D eigenvalue weighted by Crippen LogP contribution is -2.39. The molecule has 166 valence electrons. The molecule has 3 fully saturated rings. The molecule has 6 rings (SSSR count). The van der Waals surface area contributed by atoms with Gasteiger partial charge in [-0.15, -0.1) is 0 Å². The molecule has 7 nitrogen and oxygen atoms in total. The second kappa shape index (κ2) is 7.91. The molecule has 1 amide bonds. The first-order valence-electron chi connectivity index (χ1n) is 12.2. The molecule has 0 aliphatic heterocycles. The number of H-pyrrole nitrogens is 1. The highest BCUT2D eigenvalue weighted by molar-refractivity contribution is 6.01. The molecule has 3 aliphatic carbocycles. The standard InChI is InChI=1S/C25H30N6O/c26-9-7-15-2-5-18(6-3-15)31-22(13-23(32)30-20-12-16-1-4-17(20)11-16)29-21-14-28-25-19(24(21)31)8-10-27-25/h8,10,14-18,20H,1-7,11-13H2,(H,27,28)(H,30,32)/t15?,16-,17+,18?,20?/m1/s1. The Labute approximate surface area is 187 Å². The van der Waals surface area contributed by atoms with Crippen LogP contribution >= 0.6 is 0 Å². The van der Waals surface area contributed by atoms with E-state index in [0.717, 1.165) is 65.9 Å². The molecule has 0 saturated heterocycles. The SMILES string of the molecule is N#CCC1CCC(n2c(CC(=O)NC3C[C@@H]4CC[C@H]3C4)nc3cnc4[nH]ccc4c32)CC1. The van der Waals surface area contributed by atoms with Gasteiger partial charge in [0.25, 0.3) is 0 Å². The van der Waals surface area contributed by atoms with Crippen molar-refractivity contribution in [2.45, 2.75) is 76.3 Å². The summed E-state index contributed by atoms with van der Waals surface area (Å²) >= 11 is 0. The van der Waals surface area contributed by atoms with E-state index in [2.05, 4.69) is 32.0 Å². The van der Waals surface area contributed by atoms with E-state index in [-0.39, 0.29) is 5.91 Å². The fourth-order valence-corrected chi connectivity index (χ4v) is 6.72. The van der Waals surface area contributed by atoms with Crippen LogP contribution in [0.2, 0.25) is 0 Å². The van der Waals surface area contributed by atoms with Gasteiger partial charge in [-0.05, 0) is 68.8 Å². The lowest BCUT2D eigenvalue weighted by atomic mass is 9.84. The van der Waals surface area contributed by atoms with Gasteiger partial charge in [0, 0.05) is 30.1 Å². The van der Waals surface area contributed by atoms with Crippen LogP contribution in [0.1, 0.15) is 69.7 Å². The number of imidazole rings is 1. The molecule has 3 aromatic heterocycles. The molecular weight excluding hydrogens is 400 g/mol. The van der Waals surface area contributed by atoms with Crippen molar-refractivity contribution in [3.63, 3.8) is 0 Å². The molecule has 32 heavy (non-hydrogen) atoms. The summed E-state index contributed by atoms with van der Waals surface area (Å²) in [5.74, 6) is 2.91. The van der Waals surface area contributed by atoms with Crippen LogP contribution in [0.5, 0.6) is 0 Å². The summed E-state index contributed by atoms with van der Waals surface area (Å²) in [6.45, 7) is 0. The number of carbonyl (C=O) groups is 1. The molecule has 7 heteroatoms. The minimum Gasteiger partial charge on any atom is -0.353 e. The highest BCUT2D eigenvalue weighted by atomic mass is 16.1. The van der Waals surface area contributed by atoms with Crippen LogP contribution < -0.4 is 5.32 Å². The van der Waals surface area contributed by atoms with Gasteiger partial charge in [0.05, 0.1) is 24.2 Å². The van der Waals surface area contributed by atoms with Crippen molar-refractivity contribution in [3.8, 4) is 6.07 Å². The summed E-state index contributed by atoms with van der Waals surface area (Å²) in [4.78, 5) is 25.7. The third kappa shape index (κ3) is 3.37. The molecule has 0 spiro atoms. The third-order valence-electron chi connectivity index (χ3n) is 8.27. The van der Waals surface area contributed by atoms with Gasteiger partial charge in [0.1, 0.15) is 17.0 Å². The average Bonchev–Trinajstić information content (AvgIpc) is 3.57. The van der Waals surface area contributed by atoms with E-state index in [4.69, 9.17) is 10.2 Å². The fourth-order valence-electron chi connectivity index (χ4n) is 6.72. The van der Waals surface area contributed by atoms with Crippen molar-refractivity contribution < 1.29 is 4.79 Å². The van der Waals surface area contributed by atoms with Gasteiger partial charge in [0.15, 0.2) is 0 Å². The first-order chi connectivity index (χ1) is 15.7. The number of nitrogens with zero attached hydrogens (tertiary/aromatic N) is 4. The predicted octanol–water partition coefficient (Wildman–Crippen LogP) is 4.40. The van der Waals surface area contributed by atoms with Crippen LogP contribution in [0, 0.1) is 29.1 Å². The lowest BCUT2D eigenvalue weighted by Gasteiger charge is -2.30. The fraction of sp³-hybridized carbons (Fsp3) is 0.600. The maximum Gasteiger partial charge on any atom is 0.227 e. The number of nitrogens with one attached hydrogen (secondary N) is 2. The first kappa shape index (κ1) is 19.8. The molecule has 3 atom stereocenters. The topological polar surface area (TPSA) is 99.4 Å². The van der Waals surface area contributed by atoms with Gasteiger partial charge in [-0.25, -0.2) is 9.97 Å². The van der Waals surface area contributed by atoms with E-state index < -0.39 is 0 Å². The Morgan fingerprint density at radius 3 is 2.84 bits per heavy atom. The van der Waals surface area contributed by atoms with Crippen molar-refractivity contribution in [1.29, 1.82) is 5.26 Å². The molecule has 2 bridgehead atoms. The molecule has 0 aromatic carbocycles. The Hall–Kier alpha value is -2.88. The van der Waals surface area contributed by atoms with E-state index in [0.29, 0.717) is 36.8 Å². The molecule has 1 unspecified atom stereocenters. The monoisotopic (exact) mass is 430 g/mol. The molecule has 3 aliphatic rings. The molecule has 3 aromatic rings. The Kier molecular flexibility index (Phi) is 4.89. The number of aromatic amines is 1. The quantitative estimate of drug-likeness (QED) is 0.626. The van der Waals surface area contributed by atoms with E-state index >= 15 is 0 Å². The van der Waals surface area contributed by atoms with Crippen molar-refractivity contribution in [2.75, 3.05) is 0 Å². The molecule has 2 N–H and O–H groups in total. The summed E-state index contributed by atoms with van der Waals surface area (Å²) in [7, 11) is 0. The maximum absolute atomic E-state index is 13.1. The van der Waals surface area contributed by atoms with Crippen LogP contribution in [0.3, 0.4) is 0 Å². The highest BCUT2D eigenvalue weighted by Gasteiger charge is 2.40. The first-order valence-corrected chi connectivity index (χ1v) is 12.2. The van der Waals surface area contributed by atoms with Crippen molar-refractivity contribution in [1.82, 2.24) is 24.8 Å². The third-order valence-corrected chi connectivity index (χ3v) is 8.27. The summed E-state index contributed by atoms with van der Waals surface area (Å²) in [5, 5.41) is 13.5. The van der Waals surface area contributed by atoms with Gasteiger partial charge >= 0.3 is 0 Å². The minimum atomic E-state index is 0.0931. The minimum absolute atomic E-state index is 0.0931. The summed E-state index contributed by atoms with van der Waals surface area (Å²) in [6, 6.07) is 5.05. The van der Waals surface area contributed by atoms with Crippen LogP contribution in [-0.4, -0.2) is 31.5 Å². The Morgan fingerprint density at radius 2 is 2.09 bits per heavy atom. The number of hydrogen-bond donors (Lipinski definition) is 2. The van der Waals surface area contributed by atoms with Crippen molar-refractivity contribution in [3.05, 3.63) is 24.3 Å². The highest BCUT2D eigenvalue weighted by Crippen LogP contribution is 2.44. The number of nitriles is 1. The van der Waals surface area contributed by atoms with Crippen LogP contribution in [0.4, 0.5) is 0 Å². The number of pyridine rings is 1. The largest absolute Gasteiger partial charge is 0.353 e. The number of hydrogen-bond acceptors (Lipinski definition) is 4. The summed E-state index contributed by atoms with van der Waals surface area (Å²) in [5.41, 5.74) is 2.80. The Bertz CT molecular complexity index is 1190. The molecular formula is C25H30N6O. The van der Waals surface area contributed by atoms with Gasteiger partial charge in [-0.2, -0.15) is 5.26 Å². The summed E-state index contributed by atoms with van der Waals surface area (Å²) in [6.07, 6.45) is 13.9. The molecule has 3 saturated carbocycles. The zero-order valence-electron chi connectivity index (χ0n) is 18.4. The van der Waals surface area contributed by atoms with E-state index in [1.54, 1.807) is 0 Å². The molecule has 0 radical (unpaired) electrons. The molecule has 3 heterocycles. The van der Waals surface area contributed by atoms with E-state index in [1.165, 1.54) is 19.3 Å². The summed E-state index contributed by atoms with van der Waals surface area (Å²) < 4.78 is 2.33. The van der Waals surface area contributed by atoms with Crippen LogP contribution in [0.25, 0.3) is 22.1 Å². The Balaban J connectivity index is 1.31. The van der Waals surface area contributed by atoms with E-state index in [1.807, 2.05) is 12.4 Å². The van der Waals surface area contributed by atoms with Gasteiger partial charge in [-0.1, -0.05) is 6.42 Å². The van der Waals surface area contributed by atoms with Crippen LogP contribution in [-0.2, 0) is 11.2 Å². The second-order valence-corrected chi connectivity index (χ2v) is 10.2. The van der Waals surface area contributed by atoms with Gasteiger partial charge < -0.3 is 14.9 Å². The average molecular weight is 431 g/mol. The van der Waals surface area contributed by atoms with Crippen LogP contribution in [0.15, 0.2) is 18.5 Å². The maximum atomic E-state index is 13.1. The smallest absolute Gasteiger partial charge is 0.227 e. The lowest BCUT2D eigenvalue weighted by molar-refractivity contribution is -0.121. The zero-order valence-corrected chi connectivity index (χ0v) is 18.4.